The molecule has 96 valence electrons. The molecule has 6 N–H and O–H groups in total. The minimum absolute atomic E-state index is 0.574. The highest BCUT2D eigenvalue weighted by molar-refractivity contribution is 5.01. The van der Waals surface area contributed by atoms with E-state index in [9.17, 15) is 25.5 Å². The van der Waals surface area contributed by atoms with Crippen LogP contribution in [0.4, 0.5) is 0 Å². The predicted octanol–water partition coefficient (Wildman–Crippen LogP) is -2.44. The standard InChI is InChI=1S/C10H21NO5/c1-2-3-4-11-5-6(12)8(14)10(16)9(15)7(5)13/h5-16H,2-4H2,1H3/t5?,6-,7+,8+,9-,10?. The molecule has 0 saturated heterocycles. The van der Waals surface area contributed by atoms with Crippen LogP contribution in [-0.4, -0.2) is 68.6 Å². The fraction of sp³-hybridized carbons (Fsp3) is 1.00. The van der Waals surface area contributed by atoms with Gasteiger partial charge in [0.05, 0.1) is 6.04 Å². The normalized spacial score (nSPS) is 44.6. The summed E-state index contributed by atoms with van der Waals surface area (Å²) in [6.45, 7) is 2.58. The Morgan fingerprint density at radius 2 is 1.25 bits per heavy atom. The number of hydrogen-bond donors (Lipinski definition) is 6. The van der Waals surface area contributed by atoms with E-state index in [-0.39, 0.29) is 0 Å². The van der Waals surface area contributed by atoms with E-state index in [1.165, 1.54) is 0 Å². The Bertz CT molecular complexity index is 199. The summed E-state index contributed by atoms with van der Waals surface area (Å²) in [4.78, 5) is 0. The number of aliphatic hydroxyl groups excluding tert-OH is 5. The summed E-state index contributed by atoms with van der Waals surface area (Å²) in [6, 6.07) is -0.819. The van der Waals surface area contributed by atoms with Crippen LogP contribution in [0.5, 0.6) is 0 Å². The van der Waals surface area contributed by atoms with Crippen LogP contribution >= 0.6 is 0 Å². The molecule has 16 heavy (non-hydrogen) atoms. The molecule has 0 aromatic rings. The third-order valence-electron chi connectivity index (χ3n) is 3.05. The molecule has 0 bridgehead atoms. The van der Waals surface area contributed by atoms with Crippen molar-refractivity contribution in [3.8, 4) is 0 Å². The van der Waals surface area contributed by atoms with Crippen molar-refractivity contribution in [3.63, 3.8) is 0 Å². The smallest absolute Gasteiger partial charge is 0.111 e. The summed E-state index contributed by atoms with van der Waals surface area (Å²) in [5.41, 5.74) is 0. The highest BCUT2D eigenvalue weighted by Crippen LogP contribution is 2.21. The average molecular weight is 235 g/mol. The van der Waals surface area contributed by atoms with E-state index in [2.05, 4.69) is 5.32 Å². The lowest BCUT2D eigenvalue weighted by atomic mass is 9.83. The first kappa shape index (κ1) is 13.8. The van der Waals surface area contributed by atoms with Crippen molar-refractivity contribution in [3.05, 3.63) is 0 Å². The lowest BCUT2D eigenvalue weighted by molar-refractivity contribution is -0.190. The van der Waals surface area contributed by atoms with Crippen LogP contribution in [0, 0.1) is 0 Å². The maximum Gasteiger partial charge on any atom is 0.111 e. The molecule has 0 aliphatic heterocycles. The fourth-order valence-corrected chi connectivity index (χ4v) is 1.92. The van der Waals surface area contributed by atoms with Crippen LogP contribution in [0.2, 0.25) is 0 Å². The van der Waals surface area contributed by atoms with Crippen molar-refractivity contribution < 1.29 is 25.5 Å². The molecule has 0 amide bonds. The van der Waals surface area contributed by atoms with Crippen molar-refractivity contribution in [2.45, 2.75) is 56.3 Å². The Labute approximate surface area is 94.5 Å². The second-order valence-electron chi connectivity index (χ2n) is 4.29. The van der Waals surface area contributed by atoms with Gasteiger partial charge < -0.3 is 30.8 Å². The molecule has 1 aliphatic rings. The number of unbranched alkanes of at least 4 members (excludes halogenated alkanes) is 1. The van der Waals surface area contributed by atoms with Crippen molar-refractivity contribution >= 4 is 0 Å². The number of aliphatic hydroxyl groups is 5. The molecule has 6 atom stereocenters. The fourth-order valence-electron chi connectivity index (χ4n) is 1.92. The van der Waals surface area contributed by atoms with Gasteiger partial charge in [0.25, 0.3) is 0 Å². The van der Waals surface area contributed by atoms with E-state index in [1.54, 1.807) is 0 Å². The number of rotatable bonds is 4. The molecule has 0 radical (unpaired) electrons. The molecule has 2 unspecified atom stereocenters. The summed E-state index contributed by atoms with van der Waals surface area (Å²) in [5, 5.41) is 50.4. The average Bonchev–Trinajstić information content (AvgIpc) is 2.28. The predicted molar refractivity (Wildman–Crippen MR) is 56.7 cm³/mol. The summed E-state index contributed by atoms with van der Waals surface area (Å²) in [5.74, 6) is 0. The zero-order valence-corrected chi connectivity index (χ0v) is 9.32. The van der Waals surface area contributed by atoms with Crippen molar-refractivity contribution in [2.24, 2.45) is 0 Å². The van der Waals surface area contributed by atoms with Crippen LogP contribution in [0.3, 0.4) is 0 Å². The lowest BCUT2D eigenvalue weighted by Gasteiger charge is -2.42. The third kappa shape index (κ3) is 2.71. The number of hydrogen-bond acceptors (Lipinski definition) is 6. The van der Waals surface area contributed by atoms with Crippen molar-refractivity contribution in [1.29, 1.82) is 0 Å². The van der Waals surface area contributed by atoms with Gasteiger partial charge in [-0.2, -0.15) is 0 Å². The molecule has 0 spiro atoms. The molecule has 6 nitrogen and oxygen atoms in total. The van der Waals surface area contributed by atoms with Crippen molar-refractivity contribution in [2.75, 3.05) is 6.54 Å². The van der Waals surface area contributed by atoms with E-state index in [0.29, 0.717) is 6.54 Å². The zero-order chi connectivity index (χ0) is 12.3. The maximum atomic E-state index is 9.65. The van der Waals surface area contributed by atoms with Gasteiger partial charge in [0.2, 0.25) is 0 Å². The van der Waals surface area contributed by atoms with Crippen LogP contribution in [0.25, 0.3) is 0 Å². The van der Waals surface area contributed by atoms with Gasteiger partial charge in [-0.05, 0) is 13.0 Å². The van der Waals surface area contributed by atoms with E-state index in [0.717, 1.165) is 12.8 Å². The summed E-state index contributed by atoms with van der Waals surface area (Å²) in [7, 11) is 0. The molecular formula is C10H21NO5. The first-order chi connectivity index (χ1) is 7.50. The molecule has 1 saturated carbocycles. The van der Waals surface area contributed by atoms with E-state index < -0.39 is 36.6 Å². The van der Waals surface area contributed by atoms with Gasteiger partial charge in [0, 0.05) is 0 Å². The van der Waals surface area contributed by atoms with Crippen molar-refractivity contribution in [1.82, 2.24) is 5.32 Å². The SMILES string of the molecule is CCCCNC1[C@@H](O)[C@H](O)C(O)[C@H](O)[C@H]1O. The van der Waals surface area contributed by atoms with Gasteiger partial charge >= 0.3 is 0 Å². The minimum atomic E-state index is -1.52. The summed E-state index contributed by atoms with van der Waals surface area (Å²) in [6.07, 6.45) is -5.16. The second-order valence-corrected chi connectivity index (χ2v) is 4.29. The Kier molecular flexibility index (Phi) is 5.10. The van der Waals surface area contributed by atoms with Crippen LogP contribution in [0.15, 0.2) is 0 Å². The Hall–Kier alpha value is -0.240. The molecule has 0 aromatic carbocycles. The first-order valence-corrected chi connectivity index (χ1v) is 5.64. The quantitative estimate of drug-likeness (QED) is 0.302. The van der Waals surface area contributed by atoms with Crippen LogP contribution in [0.1, 0.15) is 19.8 Å². The van der Waals surface area contributed by atoms with E-state index in [1.807, 2.05) is 6.92 Å². The third-order valence-corrected chi connectivity index (χ3v) is 3.05. The largest absolute Gasteiger partial charge is 0.389 e. The van der Waals surface area contributed by atoms with Gasteiger partial charge in [-0.3, -0.25) is 0 Å². The molecule has 1 aliphatic carbocycles. The molecular weight excluding hydrogens is 214 g/mol. The highest BCUT2D eigenvalue weighted by Gasteiger charge is 2.47. The van der Waals surface area contributed by atoms with E-state index >= 15 is 0 Å². The van der Waals surface area contributed by atoms with Gasteiger partial charge in [0.1, 0.15) is 30.5 Å². The zero-order valence-electron chi connectivity index (χ0n) is 9.32. The van der Waals surface area contributed by atoms with Gasteiger partial charge in [-0.15, -0.1) is 0 Å². The van der Waals surface area contributed by atoms with Crippen LogP contribution < -0.4 is 5.32 Å². The topological polar surface area (TPSA) is 113 Å². The molecule has 1 rings (SSSR count). The molecule has 0 heterocycles. The molecule has 6 heteroatoms. The minimum Gasteiger partial charge on any atom is -0.389 e. The second kappa shape index (κ2) is 5.90. The lowest BCUT2D eigenvalue weighted by Crippen LogP contribution is -2.67. The summed E-state index contributed by atoms with van der Waals surface area (Å²) < 4.78 is 0. The Balaban J connectivity index is 2.60. The maximum absolute atomic E-state index is 9.65. The van der Waals surface area contributed by atoms with Gasteiger partial charge in [0.15, 0.2) is 0 Å². The first-order valence-electron chi connectivity index (χ1n) is 5.64. The van der Waals surface area contributed by atoms with Gasteiger partial charge in [-0.25, -0.2) is 0 Å². The van der Waals surface area contributed by atoms with E-state index in [4.69, 9.17) is 0 Å². The summed E-state index contributed by atoms with van der Waals surface area (Å²) >= 11 is 0. The Morgan fingerprint density at radius 1 is 0.812 bits per heavy atom. The monoisotopic (exact) mass is 235 g/mol. The van der Waals surface area contributed by atoms with Crippen LogP contribution in [-0.2, 0) is 0 Å². The Morgan fingerprint density at radius 3 is 1.69 bits per heavy atom. The molecule has 1 fully saturated rings. The highest BCUT2D eigenvalue weighted by atomic mass is 16.4. The number of nitrogens with one attached hydrogen (secondary N) is 1. The van der Waals surface area contributed by atoms with Gasteiger partial charge in [-0.1, -0.05) is 13.3 Å². The molecule has 0 aromatic heterocycles.